The van der Waals surface area contributed by atoms with Gasteiger partial charge in [0, 0.05) is 18.2 Å². The molecule has 5 nitrogen and oxygen atoms in total. The molecule has 5 rings (SSSR count). The topological polar surface area (TPSA) is 56.2 Å². The molecule has 0 saturated heterocycles. The van der Waals surface area contributed by atoms with Crippen LogP contribution in [0.3, 0.4) is 0 Å². The number of nitrogens with zero attached hydrogens (tertiary/aromatic N) is 4. The van der Waals surface area contributed by atoms with Gasteiger partial charge >= 0.3 is 0 Å². The molecule has 0 amide bonds. The molecule has 1 atom stereocenters. The van der Waals surface area contributed by atoms with Crippen molar-refractivity contribution in [2.24, 2.45) is 4.99 Å². The van der Waals surface area contributed by atoms with Crippen LogP contribution in [0.25, 0.3) is 11.1 Å². The standard InChI is InChI=1S/C22H18N4O/c1-15-21(16-8-3-2-4-9-16)22-24-18(20-11-7-13-27-20)14-19(26(22)25-15)17-10-5-6-12-23-17/h2-13,19H,14H2,1H3/t19-/m0/s1. The summed E-state index contributed by atoms with van der Waals surface area (Å²) in [6.45, 7) is 2.03. The highest BCUT2D eigenvalue weighted by atomic mass is 16.3. The molecule has 0 unspecified atom stereocenters. The SMILES string of the molecule is Cc1nn2c(c1-c1ccccc1)N=C(c1ccco1)C[C@H]2c1ccccn1. The van der Waals surface area contributed by atoms with E-state index < -0.39 is 0 Å². The van der Waals surface area contributed by atoms with Crippen molar-refractivity contribution >= 4 is 11.5 Å². The van der Waals surface area contributed by atoms with Crippen LogP contribution in [-0.2, 0) is 0 Å². The number of rotatable bonds is 3. The number of hydrogen-bond donors (Lipinski definition) is 0. The van der Waals surface area contributed by atoms with Crippen LogP contribution in [0.5, 0.6) is 0 Å². The van der Waals surface area contributed by atoms with Crippen molar-refractivity contribution in [2.45, 2.75) is 19.4 Å². The molecule has 4 aromatic rings. The Morgan fingerprint density at radius 2 is 1.85 bits per heavy atom. The van der Waals surface area contributed by atoms with Crippen molar-refractivity contribution < 1.29 is 4.42 Å². The van der Waals surface area contributed by atoms with Gasteiger partial charge in [0.2, 0.25) is 0 Å². The van der Waals surface area contributed by atoms with Crippen molar-refractivity contribution in [1.29, 1.82) is 0 Å². The fraction of sp³-hybridized carbons (Fsp3) is 0.136. The van der Waals surface area contributed by atoms with E-state index in [2.05, 4.69) is 17.1 Å². The molecule has 1 aliphatic heterocycles. The van der Waals surface area contributed by atoms with E-state index in [1.165, 1.54) is 0 Å². The van der Waals surface area contributed by atoms with Crippen molar-refractivity contribution in [2.75, 3.05) is 0 Å². The molecule has 0 aliphatic carbocycles. The maximum atomic E-state index is 5.64. The molecule has 0 spiro atoms. The zero-order valence-corrected chi connectivity index (χ0v) is 14.9. The predicted molar refractivity (Wildman–Crippen MR) is 104 cm³/mol. The molecule has 1 aromatic carbocycles. The van der Waals surface area contributed by atoms with E-state index in [0.29, 0.717) is 6.42 Å². The number of fused-ring (bicyclic) bond motifs is 1. The number of aryl methyl sites for hydroxylation is 1. The van der Waals surface area contributed by atoms with Crippen LogP contribution in [0.15, 0.2) is 82.5 Å². The molecule has 0 saturated carbocycles. The van der Waals surface area contributed by atoms with Crippen molar-refractivity contribution in [3.8, 4) is 11.1 Å². The maximum Gasteiger partial charge on any atom is 0.159 e. The molecule has 132 valence electrons. The van der Waals surface area contributed by atoms with E-state index in [0.717, 1.165) is 39.8 Å². The zero-order valence-electron chi connectivity index (χ0n) is 14.9. The van der Waals surface area contributed by atoms with Gasteiger partial charge in [-0.3, -0.25) is 4.98 Å². The van der Waals surface area contributed by atoms with Gasteiger partial charge in [0.25, 0.3) is 0 Å². The lowest BCUT2D eigenvalue weighted by atomic mass is 10.0. The van der Waals surface area contributed by atoms with Crippen LogP contribution in [-0.4, -0.2) is 20.5 Å². The Hall–Kier alpha value is -3.47. The van der Waals surface area contributed by atoms with Gasteiger partial charge in [-0.15, -0.1) is 0 Å². The van der Waals surface area contributed by atoms with Crippen LogP contribution in [0, 0.1) is 6.92 Å². The first-order valence-corrected chi connectivity index (χ1v) is 8.98. The number of benzene rings is 1. The Labute approximate surface area is 157 Å². The Bertz CT molecular complexity index is 1100. The van der Waals surface area contributed by atoms with Crippen LogP contribution < -0.4 is 0 Å². The highest BCUT2D eigenvalue weighted by Gasteiger charge is 2.30. The fourth-order valence-corrected chi connectivity index (χ4v) is 3.65. The first kappa shape index (κ1) is 15.8. The molecule has 4 heterocycles. The summed E-state index contributed by atoms with van der Waals surface area (Å²) in [7, 11) is 0. The zero-order chi connectivity index (χ0) is 18.2. The Kier molecular flexibility index (Phi) is 3.71. The Morgan fingerprint density at radius 1 is 1.00 bits per heavy atom. The van der Waals surface area contributed by atoms with Gasteiger partial charge in [-0.25, -0.2) is 9.67 Å². The summed E-state index contributed by atoms with van der Waals surface area (Å²) in [6.07, 6.45) is 4.19. The van der Waals surface area contributed by atoms with E-state index in [-0.39, 0.29) is 6.04 Å². The van der Waals surface area contributed by atoms with Crippen LogP contribution in [0.1, 0.15) is 29.6 Å². The summed E-state index contributed by atoms with van der Waals surface area (Å²) in [5, 5.41) is 4.84. The third kappa shape index (κ3) is 2.68. The highest BCUT2D eigenvalue weighted by molar-refractivity contribution is 6.02. The maximum absolute atomic E-state index is 5.64. The summed E-state index contributed by atoms with van der Waals surface area (Å²) in [6, 6.07) is 20.1. The molecule has 3 aromatic heterocycles. The Balaban J connectivity index is 1.74. The van der Waals surface area contributed by atoms with Gasteiger partial charge in [0.05, 0.1) is 23.4 Å². The second-order valence-electron chi connectivity index (χ2n) is 6.60. The van der Waals surface area contributed by atoms with E-state index in [1.807, 2.05) is 66.3 Å². The lowest BCUT2D eigenvalue weighted by molar-refractivity contribution is 0.505. The molecule has 0 N–H and O–H groups in total. The number of pyridine rings is 1. The monoisotopic (exact) mass is 354 g/mol. The van der Waals surface area contributed by atoms with E-state index >= 15 is 0 Å². The third-order valence-corrected chi connectivity index (χ3v) is 4.88. The number of furan rings is 1. The quantitative estimate of drug-likeness (QED) is 0.522. The second kappa shape index (κ2) is 6.36. The average Bonchev–Trinajstić information content (AvgIpc) is 3.36. The van der Waals surface area contributed by atoms with E-state index in [1.54, 1.807) is 6.26 Å². The molecular formula is C22H18N4O. The van der Waals surface area contributed by atoms with Gasteiger partial charge in [0.15, 0.2) is 5.82 Å². The lowest BCUT2D eigenvalue weighted by Gasteiger charge is -2.23. The second-order valence-corrected chi connectivity index (χ2v) is 6.60. The third-order valence-electron chi connectivity index (χ3n) is 4.88. The molecule has 0 bridgehead atoms. The molecule has 0 fully saturated rings. The largest absolute Gasteiger partial charge is 0.463 e. The smallest absolute Gasteiger partial charge is 0.159 e. The minimum absolute atomic E-state index is 0.0186. The molecule has 5 heteroatoms. The minimum Gasteiger partial charge on any atom is -0.463 e. The van der Waals surface area contributed by atoms with Crippen LogP contribution in [0.2, 0.25) is 0 Å². The summed E-state index contributed by atoms with van der Waals surface area (Å²) in [5.74, 6) is 1.65. The first-order valence-electron chi connectivity index (χ1n) is 8.98. The molecule has 1 aliphatic rings. The summed E-state index contributed by atoms with van der Waals surface area (Å²) in [5.41, 5.74) is 5.02. The van der Waals surface area contributed by atoms with Gasteiger partial charge < -0.3 is 4.42 Å². The number of hydrogen-bond acceptors (Lipinski definition) is 4. The summed E-state index contributed by atoms with van der Waals surface area (Å²) in [4.78, 5) is 9.54. The predicted octanol–water partition coefficient (Wildman–Crippen LogP) is 4.96. The van der Waals surface area contributed by atoms with Crippen molar-refractivity contribution in [3.05, 3.63) is 90.3 Å². The minimum atomic E-state index is -0.0186. The van der Waals surface area contributed by atoms with Crippen LogP contribution in [0.4, 0.5) is 5.82 Å². The Morgan fingerprint density at radius 3 is 2.59 bits per heavy atom. The average molecular weight is 354 g/mol. The molecule has 0 radical (unpaired) electrons. The normalized spacial score (nSPS) is 16.0. The van der Waals surface area contributed by atoms with Gasteiger partial charge in [-0.1, -0.05) is 36.4 Å². The van der Waals surface area contributed by atoms with E-state index in [9.17, 15) is 0 Å². The summed E-state index contributed by atoms with van der Waals surface area (Å²) >= 11 is 0. The fourth-order valence-electron chi connectivity index (χ4n) is 3.65. The van der Waals surface area contributed by atoms with Gasteiger partial charge in [-0.05, 0) is 36.8 Å². The van der Waals surface area contributed by atoms with Crippen molar-refractivity contribution in [1.82, 2.24) is 14.8 Å². The summed E-state index contributed by atoms with van der Waals surface area (Å²) < 4.78 is 7.65. The van der Waals surface area contributed by atoms with E-state index in [4.69, 9.17) is 14.5 Å². The first-order chi connectivity index (χ1) is 13.3. The molecular weight excluding hydrogens is 336 g/mol. The van der Waals surface area contributed by atoms with Crippen LogP contribution >= 0.6 is 0 Å². The lowest BCUT2D eigenvalue weighted by Crippen LogP contribution is -2.21. The van der Waals surface area contributed by atoms with Gasteiger partial charge in [-0.2, -0.15) is 5.10 Å². The number of aliphatic imine (C=N–C) groups is 1. The highest BCUT2D eigenvalue weighted by Crippen LogP contribution is 2.41. The van der Waals surface area contributed by atoms with Crippen molar-refractivity contribution in [3.63, 3.8) is 0 Å². The molecule has 27 heavy (non-hydrogen) atoms. The number of aromatic nitrogens is 3. The van der Waals surface area contributed by atoms with Gasteiger partial charge in [0.1, 0.15) is 11.8 Å².